The quantitative estimate of drug-likeness (QED) is 0.877. The first-order valence-electron chi connectivity index (χ1n) is 8.20. The van der Waals surface area contributed by atoms with E-state index in [2.05, 4.69) is 22.1 Å². The lowest BCUT2D eigenvalue weighted by Gasteiger charge is -2.34. The van der Waals surface area contributed by atoms with Crippen LogP contribution in [0.25, 0.3) is 5.65 Å². The molecule has 0 aromatic carbocycles. The van der Waals surface area contributed by atoms with Crippen molar-refractivity contribution in [2.45, 2.75) is 38.6 Å². The Kier molecular flexibility index (Phi) is 8.53. The summed E-state index contributed by atoms with van der Waals surface area (Å²) in [7, 11) is 0. The Labute approximate surface area is 155 Å². The van der Waals surface area contributed by atoms with Crippen LogP contribution in [0.4, 0.5) is 0 Å². The Morgan fingerprint density at radius 1 is 1.33 bits per heavy atom. The molecule has 0 spiro atoms. The zero-order chi connectivity index (χ0) is 15.4. The van der Waals surface area contributed by atoms with Crippen LogP contribution in [-0.4, -0.2) is 45.9 Å². The summed E-state index contributed by atoms with van der Waals surface area (Å²) < 4.78 is 1.97. The van der Waals surface area contributed by atoms with Crippen LogP contribution in [0.2, 0.25) is 0 Å². The van der Waals surface area contributed by atoms with Gasteiger partial charge in [-0.3, -0.25) is 4.79 Å². The molecule has 5 nitrogen and oxygen atoms in total. The van der Waals surface area contributed by atoms with E-state index in [1.165, 1.54) is 0 Å². The molecule has 0 radical (unpaired) electrons. The van der Waals surface area contributed by atoms with Crippen LogP contribution in [-0.2, 0) is 11.2 Å². The fraction of sp³-hybridized carbons (Fsp3) is 0.529. The third kappa shape index (κ3) is 4.85. The van der Waals surface area contributed by atoms with Crippen molar-refractivity contribution in [1.82, 2.24) is 19.6 Å². The molecule has 1 amide bonds. The van der Waals surface area contributed by atoms with Crippen LogP contribution in [0.3, 0.4) is 0 Å². The second-order valence-electron chi connectivity index (χ2n) is 5.94. The summed E-state index contributed by atoms with van der Waals surface area (Å²) in [5.41, 5.74) is 1.75. The third-order valence-electron chi connectivity index (χ3n) is 4.28. The zero-order valence-electron chi connectivity index (χ0n) is 14.0. The van der Waals surface area contributed by atoms with Gasteiger partial charge in [-0.15, -0.1) is 24.8 Å². The Balaban J connectivity index is 0.00000144. The number of aromatic nitrogens is 2. The molecule has 1 aliphatic heterocycles. The number of halogens is 2. The van der Waals surface area contributed by atoms with Crippen LogP contribution < -0.4 is 5.32 Å². The van der Waals surface area contributed by atoms with E-state index >= 15 is 0 Å². The molecule has 3 rings (SSSR count). The first-order chi connectivity index (χ1) is 10.8. The number of piperidine rings is 1. The standard InChI is InChI=1S/C17H24N4O.2ClH/c1-2-10-21(15-6-8-18-9-7-15)17(22)12-14-13-20-11-4-3-5-16(20)19-14;;/h3-5,11,13,15,18H,2,6-10,12H2,1H3;2*1H. The summed E-state index contributed by atoms with van der Waals surface area (Å²) in [6, 6.07) is 6.28. The predicted molar refractivity (Wildman–Crippen MR) is 101 cm³/mol. The van der Waals surface area contributed by atoms with E-state index in [9.17, 15) is 4.79 Å². The number of amides is 1. The molecule has 3 heterocycles. The maximum Gasteiger partial charge on any atom is 0.228 e. The molecule has 7 heteroatoms. The Morgan fingerprint density at radius 2 is 2.08 bits per heavy atom. The van der Waals surface area contributed by atoms with Crippen molar-refractivity contribution in [3.63, 3.8) is 0 Å². The molecule has 0 unspecified atom stereocenters. The zero-order valence-corrected chi connectivity index (χ0v) is 15.6. The van der Waals surface area contributed by atoms with Crippen LogP contribution in [0, 0.1) is 0 Å². The van der Waals surface area contributed by atoms with Crippen molar-refractivity contribution >= 4 is 36.4 Å². The minimum atomic E-state index is 0. The summed E-state index contributed by atoms with van der Waals surface area (Å²) in [6.45, 7) is 4.99. The second-order valence-corrected chi connectivity index (χ2v) is 5.94. The lowest BCUT2D eigenvalue weighted by Crippen LogP contribution is -2.47. The number of carbonyl (C=O) groups is 1. The van der Waals surface area contributed by atoms with E-state index in [-0.39, 0.29) is 30.7 Å². The van der Waals surface area contributed by atoms with E-state index in [1.54, 1.807) is 0 Å². The Morgan fingerprint density at radius 3 is 2.75 bits per heavy atom. The van der Waals surface area contributed by atoms with Gasteiger partial charge in [-0.2, -0.15) is 0 Å². The van der Waals surface area contributed by atoms with Gasteiger partial charge in [0, 0.05) is 25.0 Å². The van der Waals surface area contributed by atoms with Gasteiger partial charge in [0.2, 0.25) is 5.91 Å². The molecule has 2 aromatic heterocycles. The summed E-state index contributed by atoms with van der Waals surface area (Å²) in [4.78, 5) is 19.4. The molecular weight excluding hydrogens is 347 g/mol. The van der Waals surface area contributed by atoms with E-state index in [4.69, 9.17) is 0 Å². The number of pyridine rings is 1. The summed E-state index contributed by atoms with van der Waals surface area (Å²) in [6.07, 6.45) is 7.42. The Hall–Kier alpha value is -1.30. The monoisotopic (exact) mass is 372 g/mol. The van der Waals surface area contributed by atoms with Gasteiger partial charge in [0.1, 0.15) is 5.65 Å². The van der Waals surface area contributed by atoms with Gasteiger partial charge >= 0.3 is 0 Å². The molecule has 134 valence electrons. The normalized spacial score (nSPS) is 14.7. The Bertz CT molecular complexity index is 607. The van der Waals surface area contributed by atoms with Crippen LogP contribution in [0.1, 0.15) is 31.9 Å². The number of nitrogens with zero attached hydrogens (tertiary/aromatic N) is 3. The SMILES string of the molecule is CCCN(C(=O)Cc1cn2ccccc2n1)C1CCNCC1.Cl.Cl. The molecule has 2 aromatic rings. The van der Waals surface area contributed by atoms with Crippen LogP contribution in [0.5, 0.6) is 0 Å². The third-order valence-corrected chi connectivity index (χ3v) is 4.28. The molecule has 0 atom stereocenters. The molecule has 0 saturated carbocycles. The molecule has 1 N–H and O–H groups in total. The molecular formula is C17H26Cl2N4O. The van der Waals surface area contributed by atoms with Gasteiger partial charge in [-0.1, -0.05) is 13.0 Å². The van der Waals surface area contributed by atoms with Crippen LogP contribution >= 0.6 is 24.8 Å². The highest BCUT2D eigenvalue weighted by atomic mass is 35.5. The molecule has 0 aliphatic carbocycles. The number of hydrogen-bond acceptors (Lipinski definition) is 3. The van der Waals surface area contributed by atoms with E-state index < -0.39 is 0 Å². The number of nitrogens with one attached hydrogen (secondary N) is 1. The maximum absolute atomic E-state index is 12.7. The summed E-state index contributed by atoms with van der Waals surface area (Å²) in [5.74, 6) is 0.206. The lowest BCUT2D eigenvalue weighted by atomic mass is 10.0. The average Bonchev–Trinajstić information content (AvgIpc) is 2.95. The van der Waals surface area contributed by atoms with Crippen molar-refractivity contribution in [2.75, 3.05) is 19.6 Å². The molecule has 1 fully saturated rings. The van der Waals surface area contributed by atoms with Gasteiger partial charge in [-0.25, -0.2) is 4.98 Å². The molecule has 1 saturated heterocycles. The number of hydrogen-bond donors (Lipinski definition) is 1. The van der Waals surface area contributed by atoms with Crippen molar-refractivity contribution in [2.24, 2.45) is 0 Å². The number of fused-ring (bicyclic) bond motifs is 1. The van der Waals surface area contributed by atoms with E-state index in [0.717, 1.165) is 50.2 Å². The fourth-order valence-corrected chi connectivity index (χ4v) is 3.20. The van der Waals surface area contributed by atoms with Crippen molar-refractivity contribution < 1.29 is 4.79 Å². The number of rotatable bonds is 5. The van der Waals surface area contributed by atoms with Gasteiger partial charge in [0.25, 0.3) is 0 Å². The van der Waals surface area contributed by atoms with Gasteiger partial charge in [0.15, 0.2) is 0 Å². The second kappa shape index (κ2) is 9.87. The van der Waals surface area contributed by atoms with Crippen molar-refractivity contribution in [3.8, 4) is 0 Å². The van der Waals surface area contributed by atoms with Crippen molar-refractivity contribution in [3.05, 3.63) is 36.3 Å². The average molecular weight is 373 g/mol. The first-order valence-corrected chi connectivity index (χ1v) is 8.20. The number of carbonyl (C=O) groups excluding carboxylic acids is 1. The number of imidazole rings is 1. The van der Waals surface area contributed by atoms with Gasteiger partial charge in [-0.05, 0) is 44.5 Å². The van der Waals surface area contributed by atoms with Crippen LogP contribution in [0.15, 0.2) is 30.6 Å². The smallest absolute Gasteiger partial charge is 0.228 e. The van der Waals surface area contributed by atoms with E-state index in [0.29, 0.717) is 12.5 Å². The fourth-order valence-electron chi connectivity index (χ4n) is 3.20. The minimum absolute atomic E-state index is 0. The first kappa shape index (κ1) is 20.7. The highest BCUT2D eigenvalue weighted by Crippen LogP contribution is 2.15. The topological polar surface area (TPSA) is 49.6 Å². The van der Waals surface area contributed by atoms with Gasteiger partial charge in [0.05, 0.1) is 12.1 Å². The maximum atomic E-state index is 12.7. The van der Waals surface area contributed by atoms with Gasteiger partial charge < -0.3 is 14.6 Å². The molecule has 1 aliphatic rings. The molecule has 0 bridgehead atoms. The molecule has 24 heavy (non-hydrogen) atoms. The van der Waals surface area contributed by atoms with E-state index in [1.807, 2.05) is 35.0 Å². The lowest BCUT2D eigenvalue weighted by molar-refractivity contribution is -0.133. The minimum Gasteiger partial charge on any atom is -0.339 e. The summed E-state index contributed by atoms with van der Waals surface area (Å²) >= 11 is 0. The highest BCUT2D eigenvalue weighted by molar-refractivity contribution is 5.85. The predicted octanol–water partition coefficient (Wildman–Crippen LogP) is 2.71. The highest BCUT2D eigenvalue weighted by Gasteiger charge is 2.25. The van der Waals surface area contributed by atoms with Crippen molar-refractivity contribution in [1.29, 1.82) is 0 Å². The summed E-state index contributed by atoms with van der Waals surface area (Å²) in [5, 5.41) is 3.36. The largest absolute Gasteiger partial charge is 0.339 e.